The molecule has 1 saturated heterocycles. The Kier molecular flexibility index (Phi) is 6.24. The molecule has 2 atom stereocenters. The molecule has 10 heteroatoms. The summed E-state index contributed by atoms with van der Waals surface area (Å²) in [5.41, 5.74) is -1.85. The summed E-state index contributed by atoms with van der Waals surface area (Å²) in [6.45, 7) is 1.56. The van der Waals surface area contributed by atoms with Crippen molar-refractivity contribution in [2.24, 2.45) is 0 Å². The normalized spacial score (nSPS) is 21.9. The fourth-order valence-corrected chi connectivity index (χ4v) is 6.74. The minimum atomic E-state index is -4.91. The summed E-state index contributed by atoms with van der Waals surface area (Å²) in [5.74, 6) is 0. The van der Waals surface area contributed by atoms with Gasteiger partial charge in [0.15, 0.2) is 0 Å². The second-order valence-electron chi connectivity index (χ2n) is 6.01. The van der Waals surface area contributed by atoms with Gasteiger partial charge in [0, 0.05) is 13.1 Å². The molecule has 3 N–H and O–H groups in total. The lowest BCUT2D eigenvalue weighted by atomic mass is 9.74. The summed E-state index contributed by atoms with van der Waals surface area (Å²) >= 11 is 0. The third-order valence-electron chi connectivity index (χ3n) is 4.43. The summed E-state index contributed by atoms with van der Waals surface area (Å²) in [6.07, 6.45) is 0.603. The molecule has 0 saturated carbocycles. The molecule has 0 radical (unpaired) electrons. The molecule has 0 aromatic heterocycles. The Labute approximate surface area is 146 Å². The van der Waals surface area contributed by atoms with E-state index in [1.165, 1.54) is 11.8 Å². The zero-order chi connectivity index (χ0) is 18.7. The predicted octanol–water partition coefficient (Wildman–Crippen LogP) is 2.23. The van der Waals surface area contributed by atoms with Crippen molar-refractivity contribution in [3.8, 4) is 6.07 Å². The molecule has 1 aromatic rings. The van der Waals surface area contributed by atoms with E-state index in [0.717, 1.165) is 5.56 Å². The van der Waals surface area contributed by atoms with E-state index in [0.29, 0.717) is 12.8 Å². The number of hydrogen-bond acceptors (Lipinski definition) is 5. The van der Waals surface area contributed by atoms with Gasteiger partial charge in [0.1, 0.15) is 0 Å². The smallest absolute Gasteiger partial charge is 0.323 e. The van der Waals surface area contributed by atoms with Crippen LogP contribution in [0.3, 0.4) is 0 Å². The molecule has 1 aromatic carbocycles. The van der Waals surface area contributed by atoms with E-state index in [1.54, 1.807) is 0 Å². The van der Waals surface area contributed by atoms with Gasteiger partial charge in [0.2, 0.25) is 5.52 Å². The molecule has 8 nitrogen and oxygen atoms in total. The van der Waals surface area contributed by atoms with Crippen molar-refractivity contribution in [2.75, 3.05) is 19.7 Å². The molecule has 25 heavy (non-hydrogen) atoms. The van der Waals surface area contributed by atoms with Crippen molar-refractivity contribution in [3.63, 3.8) is 0 Å². The summed E-state index contributed by atoms with van der Waals surface area (Å²) in [4.78, 5) is 30.5. The molecule has 0 amide bonds. The van der Waals surface area contributed by atoms with Gasteiger partial charge in [0.25, 0.3) is 0 Å². The lowest BCUT2D eigenvalue weighted by molar-refractivity contribution is 0.156. The molecular weight excluding hydrogens is 366 g/mol. The van der Waals surface area contributed by atoms with Crippen molar-refractivity contribution in [3.05, 3.63) is 35.9 Å². The van der Waals surface area contributed by atoms with Crippen LogP contribution in [0.4, 0.5) is 0 Å². The third-order valence-corrected chi connectivity index (χ3v) is 8.67. The maximum atomic E-state index is 12.3. The van der Waals surface area contributed by atoms with Gasteiger partial charge in [-0.1, -0.05) is 30.3 Å². The topological polar surface area (TPSA) is 131 Å². The highest BCUT2D eigenvalue weighted by atomic mass is 31.2. The Balaban J connectivity index is 2.26. The van der Waals surface area contributed by atoms with Crippen molar-refractivity contribution < 1.29 is 28.3 Å². The molecule has 1 aliphatic rings. The summed E-state index contributed by atoms with van der Waals surface area (Å²) < 4.78 is 28.9. The number of likely N-dealkylation sites (tertiary alicyclic amines) is 1. The second kappa shape index (κ2) is 7.69. The van der Waals surface area contributed by atoms with Gasteiger partial charge in [-0.15, -0.1) is 0 Å². The highest BCUT2D eigenvalue weighted by molar-refractivity contribution is 7.71. The fraction of sp³-hybridized carbons (Fsp3) is 0.533. The van der Waals surface area contributed by atoms with E-state index in [4.69, 9.17) is 4.52 Å². The first kappa shape index (κ1) is 20.3. The molecule has 2 unspecified atom stereocenters. The van der Waals surface area contributed by atoms with Crippen LogP contribution in [-0.2, 0) is 19.1 Å². The Morgan fingerprint density at radius 1 is 1.24 bits per heavy atom. The van der Waals surface area contributed by atoms with E-state index < -0.39 is 26.1 Å². The van der Waals surface area contributed by atoms with Crippen LogP contribution in [0.5, 0.6) is 0 Å². The standard InChI is InChI=1S/C15H22N2O6P2/c1-2-23-25(21,22)14(24(18,19)20)17-10-8-15(12-16,9-11-17)13-6-4-3-5-7-13/h3-7,14H,2,8-11H2,1H3,(H,21,22)(H2,18,19,20). The monoisotopic (exact) mass is 388 g/mol. The quantitative estimate of drug-likeness (QED) is 0.632. The van der Waals surface area contributed by atoms with E-state index in [2.05, 4.69) is 6.07 Å². The predicted molar refractivity (Wildman–Crippen MR) is 91.8 cm³/mol. The Morgan fingerprint density at radius 2 is 1.80 bits per heavy atom. The Hall–Kier alpha value is -1.03. The molecule has 0 spiro atoms. The lowest BCUT2D eigenvalue weighted by Crippen LogP contribution is -2.46. The Bertz CT molecular complexity index is 721. The minimum Gasteiger partial charge on any atom is -0.323 e. The van der Waals surface area contributed by atoms with Crippen LogP contribution in [0.15, 0.2) is 30.3 Å². The van der Waals surface area contributed by atoms with Crippen LogP contribution in [-0.4, -0.2) is 44.8 Å². The second-order valence-corrected chi connectivity index (χ2v) is 9.96. The van der Waals surface area contributed by atoms with E-state index >= 15 is 0 Å². The number of hydrogen-bond donors (Lipinski definition) is 3. The highest BCUT2D eigenvalue weighted by Crippen LogP contribution is 2.64. The first-order valence-corrected chi connectivity index (χ1v) is 11.2. The van der Waals surface area contributed by atoms with Gasteiger partial charge in [-0.2, -0.15) is 5.26 Å². The maximum Gasteiger partial charge on any atom is 0.357 e. The zero-order valence-electron chi connectivity index (χ0n) is 13.9. The van der Waals surface area contributed by atoms with Crippen molar-refractivity contribution >= 4 is 15.2 Å². The number of nitriles is 1. The van der Waals surface area contributed by atoms with Gasteiger partial charge in [-0.05, 0) is 25.3 Å². The molecule has 1 heterocycles. The van der Waals surface area contributed by atoms with E-state index in [1.807, 2.05) is 30.3 Å². The SMILES string of the molecule is CCOP(=O)(O)C(N1CCC(C#N)(c2ccccc2)CC1)P(=O)(O)O. The first-order valence-electron chi connectivity index (χ1n) is 7.89. The van der Waals surface area contributed by atoms with Crippen molar-refractivity contribution in [1.82, 2.24) is 4.90 Å². The van der Waals surface area contributed by atoms with Crippen LogP contribution in [0.2, 0.25) is 0 Å². The molecule has 1 fully saturated rings. The minimum absolute atomic E-state index is 0.107. The molecular formula is C15H22N2O6P2. The summed E-state index contributed by atoms with van der Waals surface area (Å²) in [5, 5.41) is 9.67. The number of nitrogens with zero attached hydrogens (tertiary/aromatic N) is 2. The highest BCUT2D eigenvalue weighted by Gasteiger charge is 2.51. The molecule has 2 rings (SSSR count). The number of benzene rings is 1. The maximum absolute atomic E-state index is 12.3. The number of rotatable bonds is 6. The van der Waals surface area contributed by atoms with Crippen molar-refractivity contribution in [1.29, 1.82) is 5.26 Å². The third kappa shape index (κ3) is 4.39. The summed E-state index contributed by atoms with van der Waals surface area (Å²) in [6, 6.07) is 11.5. The summed E-state index contributed by atoms with van der Waals surface area (Å²) in [7, 11) is -9.45. The molecule has 1 aliphatic heterocycles. The Morgan fingerprint density at radius 3 is 2.24 bits per heavy atom. The average Bonchev–Trinajstić information content (AvgIpc) is 2.55. The van der Waals surface area contributed by atoms with Gasteiger partial charge in [-0.3, -0.25) is 14.0 Å². The average molecular weight is 388 g/mol. The van der Waals surface area contributed by atoms with Gasteiger partial charge in [-0.25, -0.2) is 0 Å². The molecule has 0 aliphatic carbocycles. The zero-order valence-corrected chi connectivity index (χ0v) is 15.6. The fourth-order valence-electron chi connectivity index (χ4n) is 3.22. The molecule has 138 valence electrons. The van der Waals surface area contributed by atoms with Crippen LogP contribution in [0.25, 0.3) is 0 Å². The first-order chi connectivity index (χ1) is 11.7. The van der Waals surface area contributed by atoms with Crippen molar-refractivity contribution in [2.45, 2.75) is 30.7 Å². The largest absolute Gasteiger partial charge is 0.357 e. The van der Waals surface area contributed by atoms with Gasteiger partial charge >= 0.3 is 15.2 Å². The van der Waals surface area contributed by atoms with Gasteiger partial charge < -0.3 is 19.2 Å². The van der Waals surface area contributed by atoms with Crippen LogP contribution in [0.1, 0.15) is 25.3 Å². The van der Waals surface area contributed by atoms with E-state index in [-0.39, 0.29) is 19.7 Å². The van der Waals surface area contributed by atoms with Crippen LogP contribution in [0, 0.1) is 11.3 Å². The van der Waals surface area contributed by atoms with Crippen LogP contribution >= 0.6 is 15.2 Å². The lowest BCUT2D eigenvalue weighted by Gasteiger charge is -2.41. The molecule has 0 bridgehead atoms. The van der Waals surface area contributed by atoms with Gasteiger partial charge in [0.05, 0.1) is 18.1 Å². The number of piperidine rings is 1. The van der Waals surface area contributed by atoms with E-state index in [9.17, 15) is 29.1 Å². The van der Waals surface area contributed by atoms with Crippen LogP contribution < -0.4 is 0 Å².